The number of rotatable bonds is 8. The van der Waals surface area contributed by atoms with E-state index in [1.807, 2.05) is 49.4 Å². The number of hydrogen-bond donors (Lipinski definition) is 0. The van der Waals surface area contributed by atoms with Gasteiger partial charge in [0.1, 0.15) is 11.3 Å². The smallest absolute Gasteiger partial charge is 0.331 e. The maximum Gasteiger partial charge on any atom is 0.331 e. The lowest BCUT2D eigenvalue weighted by Gasteiger charge is -2.17. The molecule has 150 valence electrons. The minimum atomic E-state index is -0.643. The van der Waals surface area contributed by atoms with Gasteiger partial charge in [-0.05, 0) is 36.8 Å². The van der Waals surface area contributed by atoms with Crippen LogP contribution in [0.3, 0.4) is 0 Å². The number of nitrogens with zero attached hydrogens (tertiary/aromatic N) is 2. The van der Waals surface area contributed by atoms with Gasteiger partial charge in [0, 0.05) is 25.7 Å². The third-order valence-corrected chi connectivity index (χ3v) is 4.09. The quantitative estimate of drug-likeness (QED) is 0.430. The number of carbonyl (C=O) groups is 2. The molecule has 0 N–H and O–H groups in total. The zero-order chi connectivity index (χ0) is 20.6. The Balaban J connectivity index is 1.46. The fourth-order valence-electron chi connectivity index (χ4n) is 2.61. The molecule has 7 nitrogen and oxygen atoms in total. The van der Waals surface area contributed by atoms with Crippen molar-refractivity contribution in [1.82, 2.24) is 9.88 Å². The van der Waals surface area contributed by atoms with Crippen molar-refractivity contribution in [1.29, 1.82) is 0 Å². The molecule has 7 heteroatoms. The van der Waals surface area contributed by atoms with Gasteiger partial charge in [-0.3, -0.25) is 4.79 Å². The Morgan fingerprint density at radius 3 is 2.62 bits per heavy atom. The number of benzene rings is 2. The molecule has 1 heterocycles. The standard InChI is InChI=1S/C22H22N2O5/c1-3-27-17-10-8-16(9-11-17)14-24(2)21(25)15-28-22(26)13-12-20-23-18-6-4-5-7-19(18)29-20/h4-13H,3,14-15H2,1-2H3/b13-12+. The van der Waals surface area contributed by atoms with E-state index in [-0.39, 0.29) is 12.5 Å². The Labute approximate surface area is 168 Å². The number of fused-ring (bicyclic) bond motifs is 1. The van der Waals surface area contributed by atoms with Crippen LogP contribution < -0.4 is 4.74 Å². The minimum Gasteiger partial charge on any atom is -0.494 e. The summed E-state index contributed by atoms with van der Waals surface area (Å²) in [4.78, 5) is 29.8. The van der Waals surface area contributed by atoms with Gasteiger partial charge in [-0.25, -0.2) is 9.78 Å². The summed E-state index contributed by atoms with van der Waals surface area (Å²) in [6.07, 6.45) is 2.60. The molecule has 0 spiro atoms. The normalized spacial score (nSPS) is 11.0. The molecule has 3 rings (SSSR count). The lowest BCUT2D eigenvalue weighted by Crippen LogP contribution is -2.30. The van der Waals surface area contributed by atoms with Crippen LogP contribution in [-0.4, -0.2) is 42.0 Å². The number of hydrogen-bond acceptors (Lipinski definition) is 6. The van der Waals surface area contributed by atoms with Crippen LogP contribution in [0.25, 0.3) is 17.2 Å². The third-order valence-electron chi connectivity index (χ3n) is 4.09. The summed E-state index contributed by atoms with van der Waals surface area (Å²) in [5.41, 5.74) is 2.28. The monoisotopic (exact) mass is 394 g/mol. The van der Waals surface area contributed by atoms with Crippen molar-refractivity contribution in [2.45, 2.75) is 13.5 Å². The van der Waals surface area contributed by atoms with Crippen molar-refractivity contribution in [2.24, 2.45) is 0 Å². The second kappa shape index (κ2) is 9.54. The highest BCUT2D eigenvalue weighted by atomic mass is 16.5. The molecule has 0 radical (unpaired) electrons. The largest absolute Gasteiger partial charge is 0.494 e. The summed E-state index contributed by atoms with van der Waals surface area (Å²) in [6.45, 7) is 2.58. The lowest BCUT2D eigenvalue weighted by molar-refractivity contribution is -0.147. The first-order chi connectivity index (χ1) is 14.0. The first-order valence-electron chi connectivity index (χ1n) is 9.21. The predicted molar refractivity (Wildman–Crippen MR) is 108 cm³/mol. The van der Waals surface area contributed by atoms with E-state index in [0.717, 1.165) is 11.3 Å². The highest BCUT2D eigenvalue weighted by Gasteiger charge is 2.12. The Kier molecular flexibility index (Phi) is 6.63. The summed E-state index contributed by atoms with van der Waals surface area (Å²) in [5.74, 6) is 0.129. The summed E-state index contributed by atoms with van der Waals surface area (Å²) < 4.78 is 15.9. The molecular formula is C22H22N2O5. The molecule has 0 unspecified atom stereocenters. The van der Waals surface area contributed by atoms with Gasteiger partial charge in [0.2, 0.25) is 5.89 Å². The molecule has 2 aromatic carbocycles. The van der Waals surface area contributed by atoms with Crippen LogP contribution in [0.15, 0.2) is 59.0 Å². The van der Waals surface area contributed by atoms with Gasteiger partial charge in [-0.15, -0.1) is 0 Å². The predicted octanol–water partition coefficient (Wildman–Crippen LogP) is 3.44. The summed E-state index contributed by atoms with van der Waals surface area (Å²) in [6, 6.07) is 14.8. The maximum atomic E-state index is 12.2. The molecule has 0 saturated carbocycles. The fraction of sp³-hybridized carbons (Fsp3) is 0.227. The van der Waals surface area contributed by atoms with E-state index in [2.05, 4.69) is 4.98 Å². The highest BCUT2D eigenvalue weighted by molar-refractivity contribution is 5.89. The van der Waals surface area contributed by atoms with Crippen molar-refractivity contribution >= 4 is 29.1 Å². The van der Waals surface area contributed by atoms with E-state index in [1.54, 1.807) is 13.1 Å². The van der Waals surface area contributed by atoms with Crippen LogP contribution in [0.5, 0.6) is 5.75 Å². The van der Waals surface area contributed by atoms with Crippen molar-refractivity contribution in [3.8, 4) is 5.75 Å². The van der Waals surface area contributed by atoms with Gasteiger partial charge < -0.3 is 18.8 Å². The molecular weight excluding hydrogens is 372 g/mol. The Hall–Kier alpha value is -3.61. The molecule has 0 atom stereocenters. The molecule has 0 aliphatic rings. The number of carbonyl (C=O) groups excluding carboxylic acids is 2. The highest BCUT2D eigenvalue weighted by Crippen LogP contribution is 2.15. The van der Waals surface area contributed by atoms with Crippen molar-refractivity contribution in [3.05, 3.63) is 66.1 Å². The average Bonchev–Trinajstić information content (AvgIpc) is 3.15. The van der Waals surface area contributed by atoms with Gasteiger partial charge >= 0.3 is 5.97 Å². The van der Waals surface area contributed by atoms with Crippen LogP contribution in [0.1, 0.15) is 18.4 Å². The second-order valence-corrected chi connectivity index (χ2v) is 6.29. The fourth-order valence-corrected chi connectivity index (χ4v) is 2.61. The van der Waals surface area contributed by atoms with E-state index in [0.29, 0.717) is 30.1 Å². The SMILES string of the molecule is CCOc1ccc(CN(C)C(=O)COC(=O)/C=C/c2nc3ccccc3o2)cc1. The van der Waals surface area contributed by atoms with E-state index in [9.17, 15) is 9.59 Å². The zero-order valence-corrected chi connectivity index (χ0v) is 16.3. The van der Waals surface area contributed by atoms with E-state index < -0.39 is 5.97 Å². The Morgan fingerprint density at radius 1 is 1.14 bits per heavy atom. The number of ether oxygens (including phenoxy) is 2. The molecule has 0 saturated heterocycles. The van der Waals surface area contributed by atoms with E-state index >= 15 is 0 Å². The van der Waals surface area contributed by atoms with Crippen molar-refractivity contribution < 1.29 is 23.5 Å². The first-order valence-corrected chi connectivity index (χ1v) is 9.21. The molecule has 0 aliphatic carbocycles. The number of para-hydroxylation sites is 2. The van der Waals surface area contributed by atoms with Crippen LogP contribution in [0.2, 0.25) is 0 Å². The van der Waals surface area contributed by atoms with Crippen LogP contribution in [0, 0.1) is 0 Å². The molecule has 0 fully saturated rings. The van der Waals surface area contributed by atoms with Gasteiger partial charge in [-0.2, -0.15) is 0 Å². The topological polar surface area (TPSA) is 81.9 Å². The first kappa shape index (κ1) is 20.1. The van der Waals surface area contributed by atoms with Gasteiger partial charge in [0.05, 0.1) is 6.61 Å². The van der Waals surface area contributed by atoms with Gasteiger partial charge in [-0.1, -0.05) is 24.3 Å². The zero-order valence-electron chi connectivity index (χ0n) is 16.3. The second-order valence-electron chi connectivity index (χ2n) is 6.29. The van der Waals surface area contributed by atoms with Gasteiger partial charge in [0.25, 0.3) is 5.91 Å². The number of esters is 1. The Bertz CT molecular complexity index is 974. The Morgan fingerprint density at radius 2 is 1.90 bits per heavy atom. The number of amides is 1. The minimum absolute atomic E-state index is 0.294. The molecule has 3 aromatic rings. The number of likely N-dealkylation sites (N-methyl/N-ethyl adjacent to an activating group) is 1. The summed E-state index contributed by atoms with van der Waals surface area (Å²) >= 11 is 0. The van der Waals surface area contributed by atoms with Crippen molar-refractivity contribution in [2.75, 3.05) is 20.3 Å². The molecule has 29 heavy (non-hydrogen) atoms. The molecule has 1 amide bonds. The van der Waals surface area contributed by atoms with Crippen LogP contribution >= 0.6 is 0 Å². The lowest BCUT2D eigenvalue weighted by atomic mass is 10.2. The molecule has 1 aromatic heterocycles. The summed E-state index contributed by atoms with van der Waals surface area (Å²) in [5, 5.41) is 0. The van der Waals surface area contributed by atoms with E-state index in [4.69, 9.17) is 13.9 Å². The van der Waals surface area contributed by atoms with Crippen molar-refractivity contribution in [3.63, 3.8) is 0 Å². The molecule has 0 bridgehead atoms. The number of aromatic nitrogens is 1. The van der Waals surface area contributed by atoms with Crippen LogP contribution in [-0.2, 0) is 20.9 Å². The average molecular weight is 394 g/mol. The number of oxazole rings is 1. The van der Waals surface area contributed by atoms with Crippen LogP contribution in [0.4, 0.5) is 0 Å². The van der Waals surface area contributed by atoms with E-state index in [1.165, 1.54) is 17.1 Å². The van der Waals surface area contributed by atoms with Gasteiger partial charge in [0.15, 0.2) is 12.2 Å². The third kappa shape index (κ3) is 5.68. The molecule has 0 aliphatic heterocycles. The maximum absolute atomic E-state index is 12.2. The summed E-state index contributed by atoms with van der Waals surface area (Å²) in [7, 11) is 1.65.